The number of benzene rings is 2. The Kier molecular flexibility index (Phi) is 4.02. The highest BCUT2D eigenvalue weighted by Gasteiger charge is 2.13. The molecule has 0 atom stereocenters. The molecule has 1 heterocycles. The highest BCUT2D eigenvalue weighted by Crippen LogP contribution is 2.39. The lowest BCUT2D eigenvalue weighted by Gasteiger charge is -2.14. The van der Waals surface area contributed by atoms with Gasteiger partial charge in [0.2, 0.25) is 0 Å². The Morgan fingerprint density at radius 2 is 1.82 bits per heavy atom. The third-order valence-electron chi connectivity index (χ3n) is 3.50. The van der Waals surface area contributed by atoms with E-state index in [1.165, 1.54) is 0 Å². The number of ketones is 1. The standard InChI is InChI=1S/C17H15BrN2OS/c1-10(21)11-4-6-12(7-5-11)17-19-13-8-9-14(20(2)3)15(18)16(13)22-17/h4-9H,1-3H3. The molecule has 0 saturated heterocycles. The Bertz CT molecular complexity index is 853. The van der Waals surface area contributed by atoms with E-state index in [0.29, 0.717) is 0 Å². The molecule has 22 heavy (non-hydrogen) atoms. The van der Waals surface area contributed by atoms with E-state index in [0.717, 1.165) is 36.5 Å². The van der Waals surface area contributed by atoms with Crippen molar-refractivity contribution in [1.29, 1.82) is 0 Å². The summed E-state index contributed by atoms with van der Waals surface area (Å²) in [7, 11) is 4.04. The van der Waals surface area contributed by atoms with Gasteiger partial charge >= 0.3 is 0 Å². The third-order valence-corrected chi connectivity index (χ3v) is 5.70. The number of Topliss-reactive ketones (excluding diaryl/α,β-unsaturated/α-hetero) is 1. The summed E-state index contributed by atoms with van der Waals surface area (Å²) in [5.74, 6) is 0.0780. The summed E-state index contributed by atoms with van der Waals surface area (Å²) in [6.07, 6.45) is 0. The van der Waals surface area contributed by atoms with Gasteiger partial charge in [0.05, 0.1) is 20.4 Å². The number of nitrogens with zero attached hydrogens (tertiary/aromatic N) is 2. The Morgan fingerprint density at radius 3 is 2.41 bits per heavy atom. The number of fused-ring (bicyclic) bond motifs is 1. The molecule has 3 nitrogen and oxygen atoms in total. The van der Waals surface area contributed by atoms with Crippen LogP contribution in [0.25, 0.3) is 20.8 Å². The molecule has 0 amide bonds. The van der Waals surface area contributed by atoms with Gasteiger partial charge in [-0.15, -0.1) is 11.3 Å². The molecule has 3 rings (SSSR count). The number of hydrogen-bond acceptors (Lipinski definition) is 4. The van der Waals surface area contributed by atoms with E-state index in [4.69, 9.17) is 4.98 Å². The molecule has 0 aliphatic heterocycles. The second-order valence-electron chi connectivity index (χ2n) is 5.29. The van der Waals surface area contributed by atoms with Crippen molar-refractivity contribution in [3.8, 4) is 10.6 Å². The van der Waals surface area contributed by atoms with Crippen molar-refractivity contribution < 1.29 is 4.79 Å². The normalized spacial score (nSPS) is 10.9. The van der Waals surface area contributed by atoms with Crippen LogP contribution in [0.5, 0.6) is 0 Å². The number of aromatic nitrogens is 1. The number of halogens is 1. The lowest BCUT2D eigenvalue weighted by Crippen LogP contribution is -2.08. The molecule has 112 valence electrons. The predicted octanol–water partition coefficient (Wildman–Crippen LogP) is 4.99. The number of rotatable bonds is 3. The summed E-state index contributed by atoms with van der Waals surface area (Å²) in [5, 5.41) is 0.960. The topological polar surface area (TPSA) is 33.2 Å². The van der Waals surface area contributed by atoms with Crippen molar-refractivity contribution in [3.63, 3.8) is 0 Å². The molecule has 0 radical (unpaired) electrons. The van der Waals surface area contributed by atoms with Crippen LogP contribution in [0.1, 0.15) is 17.3 Å². The summed E-state index contributed by atoms with van der Waals surface area (Å²) in [4.78, 5) is 18.1. The van der Waals surface area contributed by atoms with Gasteiger partial charge in [0, 0.05) is 25.2 Å². The summed E-state index contributed by atoms with van der Waals surface area (Å²) in [6, 6.07) is 11.7. The van der Waals surface area contributed by atoms with Gasteiger partial charge in [0.25, 0.3) is 0 Å². The Morgan fingerprint density at radius 1 is 1.14 bits per heavy atom. The lowest BCUT2D eigenvalue weighted by molar-refractivity contribution is 0.101. The van der Waals surface area contributed by atoms with E-state index in [2.05, 4.69) is 26.9 Å². The second-order valence-corrected chi connectivity index (χ2v) is 7.09. The van der Waals surface area contributed by atoms with Crippen LogP contribution in [-0.2, 0) is 0 Å². The monoisotopic (exact) mass is 374 g/mol. The molecule has 0 saturated carbocycles. The number of thiazole rings is 1. The minimum absolute atomic E-state index is 0.0780. The maximum absolute atomic E-state index is 11.4. The molecule has 0 unspecified atom stereocenters. The zero-order valence-electron chi connectivity index (χ0n) is 12.6. The minimum atomic E-state index is 0.0780. The zero-order chi connectivity index (χ0) is 15.9. The van der Waals surface area contributed by atoms with Crippen LogP contribution in [0.3, 0.4) is 0 Å². The molecule has 0 N–H and O–H groups in total. The van der Waals surface area contributed by atoms with Gasteiger partial charge in [0.1, 0.15) is 5.01 Å². The fraction of sp³-hybridized carbons (Fsp3) is 0.176. The predicted molar refractivity (Wildman–Crippen MR) is 97.1 cm³/mol. The third kappa shape index (κ3) is 2.66. The van der Waals surface area contributed by atoms with E-state index in [9.17, 15) is 4.79 Å². The number of hydrogen-bond donors (Lipinski definition) is 0. The van der Waals surface area contributed by atoms with Crippen molar-refractivity contribution in [1.82, 2.24) is 4.98 Å². The SMILES string of the molecule is CC(=O)c1ccc(-c2nc3ccc(N(C)C)c(Br)c3s2)cc1. The highest BCUT2D eigenvalue weighted by molar-refractivity contribution is 9.10. The zero-order valence-corrected chi connectivity index (χ0v) is 15.0. The minimum Gasteiger partial charge on any atom is -0.377 e. The lowest BCUT2D eigenvalue weighted by atomic mass is 10.1. The van der Waals surface area contributed by atoms with Gasteiger partial charge < -0.3 is 4.90 Å². The first kappa shape index (κ1) is 15.2. The van der Waals surface area contributed by atoms with E-state index in [1.807, 2.05) is 44.4 Å². The number of anilines is 1. The van der Waals surface area contributed by atoms with Crippen LogP contribution in [0.15, 0.2) is 40.9 Å². The van der Waals surface area contributed by atoms with Crippen LogP contribution < -0.4 is 4.90 Å². The van der Waals surface area contributed by atoms with Gasteiger partial charge in [-0.25, -0.2) is 4.98 Å². The molecular weight excluding hydrogens is 360 g/mol. The number of carbonyl (C=O) groups is 1. The van der Waals surface area contributed by atoms with Crippen molar-refractivity contribution >= 4 is 49.0 Å². The first-order valence-electron chi connectivity index (χ1n) is 6.85. The molecular formula is C17H15BrN2OS. The fourth-order valence-electron chi connectivity index (χ4n) is 2.27. The van der Waals surface area contributed by atoms with Crippen molar-refractivity contribution in [2.24, 2.45) is 0 Å². The maximum atomic E-state index is 11.4. The molecule has 2 aromatic carbocycles. The average molecular weight is 375 g/mol. The van der Waals surface area contributed by atoms with Gasteiger partial charge in [-0.1, -0.05) is 24.3 Å². The average Bonchev–Trinajstić information content (AvgIpc) is 2.92. The van der Waals surface area contributed by atoms with E-state index < -0.39 is 0 Å². The Balaban J connectivity index is 2.08. The molecule has 0 aliphatic carbocycles. The Labute approximate surface area is 141 Å². The van der Waals surface area contributed by atoms with E-state index in [-0.39, 0.29) is 5.78 Å². The van der Waals surface area contributed by atoms with Gasteiger partial charge in [0.15, 0.2) is 5.78 Å². The first-order valence-corrected chi connectivity index (χ1v) is 8.46. The van der Waals surface area contributed by atoms with Crippen LogP contribution in [0.2, 0.25) is 0 Å². The van der Waals surface area contributed by atoms with Gasteiger partial charge in [-0.2, -0.15) is 0 Å². The number of carbonyl (C=O) groups excluding carboxylic acids is 1. The smallest absolute Gasteiger partial charge is 0.159 e. The second kappa shape index (κ2) is 5.82. The molecule has 0 aliphatic rings. The van der Waals surface area contributed by atoms with Crippen molar-refractivity contribution in [3.05, 3.63) is 46.4 Å². The summed E-state index contributed by atoms with van der Waals surface area (Å²) < 4.78 is 2.20. The van der Waals surface area contributed by atoms with Crippen LogP contribution in [0.4, 0.5) is 5.69 Å². The molecule has 0 spiro atoms. The van der Waals surface area contributed by atoms with Gasteiger partial charge in [-0.3, -0.25) is 4.79 Å². The van der Waals surface area contributed by atoms with Crippen LogP contribution >= 0.6 is 27.3 Å². The summed E-state index contributed by atoms with van der Waals surface area (Å²) in [6.45, 7) is 1.58. The Hall–Kier alpha value is -1.72. The largest absolute Gasteiger partial charge is 0.377 e. The first-order chi connectivity index (χ1) is 10.5. The van der Waals surface area contributed by atoms with Gasteiger partial charge in [-0.05, 0) is 35.0 Å². The summed E-state index contributed by atoms with van der Waals surface area (Å²) >= 11 is 5.34. The molecule has 0 fully saturated rings. The van der Waals surface area contributed by atoms with Crippen molar-refractivity contribution in [2.75, 3.05) is 19.0 Å². The van der Waals surface area contributed by atoms with Crippen LogP contribution in [-0.4, -0.2) is 24.9 Å². The quantitative estimate of drug-likeness (QED) is 0.605. The molecule has 3 aromatic rings. The fourth-order valence-corrected chi connectivity index (χ4v) is 4.20. The van der Waals surface area contributed by atoms with Crippen molar-refractivity contribution in [2.45, 2.75) is 6.92 Å². The highest BCUT2D eigenvalue weighted by atomic mass is 79.9. The summed E-state index contributed by atoms with van der Waals surface area (Å²) in [5.41, 5.74) is 3.87. The van der Waals surface area contributed by atoms with E-state index >= 15 is 0 Å². The van der Waals surface area contributed by atoms with Crippen LogP contribution in [0, 0.1) is 0 Å². The molecule has 0 bridgehead atoms. The molecule has 5 heteroatoms. The maximum Gasteiger partial charge on any atom is 0.159 e. The van der Waals surface area contributed by atoms with E-state index in [1.54, 1.807) is 18.3 Å². The molecule has 1 aromatic heterocycles.